The third kappa shape index (κ3) is 4.29. The van der Waals surface area contributed by atoms with Gasteiger partial charge in [0.1, 0.15) is 0 Å². The highest BCUT2D eigenvalue weighted by Crippen LogP contribution is 1.89. The Morgan fingerprint density at radius 3 is 2.60 bits per heavy atom. The molecular formula is C6H11O4. The largest absolute Gasteiger partial charge is 0.373 e. The normalized spacial score (nSPS) is 12.7. The van der Waals surface area contributed by atoms with Crippen molar-refractivity contribution < 1.29 is 19.7 Å². The van der Waals surface area contributed by atoms with Gasteiger partial charge in [0.05, 0.1) is 6.61 Å². The summed E-state index contributed by atoms with van der Waals surface area (Å²) >= 11 is 0. The maximum atomic E-state index is 10.4. The highest BCUT2D eigenvalue weighted by Gasteiger charge is 2.12. The van der Waals surface area contributed by atoms with E-state index in [2.05, 4.69) is 9.78 Å². The fourth-order valence-electron chi connectivity index (χ4n) is 0.251. The molecule has 0 aliphatic rings. The van der Waals surface area contributed by atoms with Gasteiger partial charge in [-0.05, 0) is 13.3 Å². The molecule has 0 amide bonds. The van der Waals surface area contributed by atoms with Crippen molar-refractivity contribution in [3.05, 3.63) is 0 Å². The lowest BCUT2D eigenvalue weighted by molar-refractivity contribution is -0.279. The molecule has 1 atom stereocenters. The highest BCUT2D eigenvalue weighted by atomic mass is 17.2. The molecule has 1 radical (unpaired) electrons. The van der Waals surface area contributed by atoms with Crippen molar-refractivity contribution in [2.45, 2.75) is 26.4 Å². The number of hydrogen-bond donors (Lipinski definition) is 0. The summed E-state index contributed by atoms with van der Waals surface area (Å²) in [7, 11) is 0. The first-order chi connectivity index (χ1) is 4.68. The lowest BCUT2D eigenvalue weighted by Gasteiger charge is -2.01. The van der Waals surface area contributed by atoms with Crippen molar-refractivity contribution in [2.75, 3.05) is 6.61 Å². The van der Waals surface area contributed by atoms with Crippen molar-refractivity contribution >= 4 is 5.97 Å². The Kier molecular flexibility index (Phi) is 4.88. The monoisotopic (exact) mass is 147 g/mol. The molecule has 59 valence electrons. The SMILES string of the molecule is CCCOOC(=O)C(C)[O]. The molecule has 0 heterocycles. The maximum absolute atomic E-state index is 10.4. The van der Waals surface area contributed by atoms with Crippen LogP contribution in [0.3, 0.4) is 0 Å². The van der Waals surface area contributed by atoms with Gasteiger partial charge in [0.15, 0.2) is 6.10 Å². The van der Waals surface area contributed by atoms with Crippen LogP contribution in [0, 0.1) is 0 Å². The smallest absolute Gasteiger partial charge is 0.295 e. The Labute approximate surface area is 59.7 Å². The number of carbonyl (C=O) groups excluding carboxylic acids is 1. The molecule has 1 unspecified atom stereocenters. The molecule has 0 fully saturated rings. The van der Waals surface area contributed by atoms with Crippen molar-refractivity contribution in [2.24, 2.45) is 0 Å². The predicted octanol–water partition coefficient (Wildman–Crippen LogP) is 0.690. The summed E-state index contributed by atoms with van der Waals surface area (Å²) in [5, 5.41) is 10.3. The summed E-state index contributed by atoms with van der Waals surface area (Å²) in [6.45, 7) is 3.41. The molecule has 0 saturated heterocycles. The molecule has 0 aromatic heterocycles. The minimum atomic E-state index is -1.36. The zero-order chi connectivity index (χ0) is 7.98. The molecule has 0 N–H and O–H groups in total. The van der Waals surface area contributed by atoms with E-state index in [-0.39, 0.29) is 0 Å². The topological polar surface area (TPSA) is 55.4 Å². The van der Waals surface area contributed by atoms with Crippen LogP contribution in [0.15, 0.2) is 0 Å². The molecule has 4 nitrogen and oxygen atoms in total. The molecule has 0 bridgehead atoms. The summed E-state index contributed by atoms with van der Waals surface area (Å²) in [5.74, 6) is -0.867. The average Bonchev–Trinajstić information content (AvgIpc) is 1.88. The van der Waals surface area contributed by atoms with E-state index >= 15 is 0 Å². The van der Waals surface area contributed by atoms with Gasteiger partial charge in [0, 0.05) is 0 Å². The standard InChI is InChI=1S/C6H11O4/c1-3-4-9-10-6(8)5(2)7/h5H,3-4H2,1-2H3. The van der Waals surface area contributed by atoms with Gasteiger partial charge < -0.3 is 0 Å². The summed E-state index contributed by atoms with van der Waals surface area (Å²) in [6.07, 6.45) is -0.614. The molecule has 0 saturated carbocycles. The van der Waals surface area contributed by atoms with Gasteiger partial charge in [-0.1, -0.05) is 6.92 Å². The van der Waals surface area contributed by atoms with E-state index in [0.29, 0.717) is 6.61 Å². The summed E-state index contributed by atoms with van der Waals surface area (Å²) in [6, 6.07) is 0. The Morgan fingerprint density at radius 1 is 1.60 bits per heavy atom. The van der Waals surface area contributed by atoms with E-state index in [1.165, 1.54) is 6.92 Å². The molecule has 10 heavy (non-hydrogen) atoms. The first-order valence-corrected chi connectivity index (χ1v) is 3.17. The number of rotatable bonds is 4. The molecule has 0 aliphatic carbocycles. The maximum Gasteiger partial charge on any atom is 0.373 e. The molecule has 0 aliphatic heterocycles. The minimum Gasteiger partial charge on any atom is -0.295 e. The van der Waals surface area contributed by atoms with Crippen molar-refractivity contribution in [1.82, 2.24) is 0 Å². The Balaban J connectivity index is 3.22. The van der Waals surface area contributed by atoms with Gasteiger partial charge in [-0.2, -0.15) is 4.89 Å². The van der Waals surface area contributed by atoms with Gasteiger partial charge >= 0.3 is 5.97 Å². The van der Waals surface area contributed by atoms with Crippen molar-refractivity contribution in [1.29, 1.82) is 0 Å². The summed E-state index contributed by atoms with van der Waals surface area (Å²) in [4.78, 5) is 18.8. The van der Waals surface area contributed by atoms with Gasteiger partial charge in [-0.15, -0.1) is 0 Å². The molecular weight excluding hydrogens is 136 g/mol. The first kappa shape index (κ1) is 9.39. The third-order valence-electron chi connectivity index (χ3n) is 0.760. The van der Waals surface area contributed by atoms with Gasteiger partial charge in [0.2, 0.25) is 0 Å². The van der Waals surface area contributed by atoms with E-state index < -0.39 is 12.1 Å². The summed E-state index contributed by atoms with van der Waals surface area (Å²) in [5.41, 5.74) is 0. The molecule has 0 spiro atoms. The van der Waals surface area contributed by atoms with Crippen LogP contribution in [0.25, 0.3) is 0 Å². The second-order valence-corrected chi connectivity index (χ2v) is 1.87. The van der Waals surface area contributed by atoms with Gasteiger partial charge in [-0.3, -0.25) is 4.89 Å². The highest BCUT2D eigenvalue weighted by molar-refractivity contribution is 5.72. The van der Waals surface area contributed by atoms with Crippen molar-refractivity contribution in [3.63, 3.8) is 0 Å². The van der Waals surface area contributed by atoms with E-state index in [1.54, 1.807) is 0 Å². The zero-order valence-corrected chi connectivity index (χ0v) is 6.12. The fourth-order valence-corrected chi connectivity index (χ4v) is 0.251. The lowest BCUT2D eigenvalue weighted by atomic mass is 10.4. The quantitative estimate of drug-likeness (QED) is 0.334. The van der Waals surface area contributed by atoms with E-state index in [4.69, 9.17) is 0 Å². The van der Waals surface area contributed by atoms with Crippen LogP contribution < -0.4 is 0 Å². The van der Waals surface area contributed by atoms with Crippen LogP contribution in [0.5, 0.6) is 0 Å². The molecule has 0 aromatic carbocycles. The van der Waals surface area contributed by atoms with Crippen LogP contribution in [-0.2, 0) is 19.7 Å². The van der Waals surface area contributed by atoms with Gasteiger partial charge in [0.25, 0.3) is 0 Å². The lowest BCUT2D eigenvalue weighted by Crippen LogP contribution is -2.18. The zero-order valence-electron chi connectivity index (χ0n) is 6.12. The minimum absolute atomic E-state index is 0.332. The second kappa shape index (κ2) is 5.20. The van der Waals surface area contributed by atoms with Crippen LogP contribution in [-0.4, -0.2) is 18.7 Å². The first-order valence-electron chi connectivity index (χ1n) is 3.17. The Bertz CT molecular complexity index is 99.9. The molecule has 0 rings (SSSR count). The summed E-state index contributed by atoms with van der Waals surface area (Å²) < 4.78 is 0. The molecule has 4 heteroatoms. The van der Waals surface area contributed by atoms with Crippen LogP contribution in [0.2, 0.25) is 0 Å². The van der Waals surface area contributed by atoms with Crippen molar-refractivity contribution in [3.8, 4) is 0 Å². The molecule has 0 aromatic rings. The van der Waals surface area contributed by atoms with Crippen LogP contribution in [0.1, 0.15) is 20.3 Å². The Morgan fingerprint density at radius 2 is 2.20 bits per heavy atom. The second-order valence-electron chi connectivity index (χ2n) is 1.87. The third-order valence-corrected chi connectivity index (χ3v) is 0.760. The van der Waals surface area contributed by atoms with Crippen LogP contribution in [0.4, 0.5) is 0 Å². The fraction of sp³-hybridized carbons (Fsp3) is 0.833. The van der Waals surface area contributed by atoms with Gasteiger partial charge in [-0.25, -0.2) is 9.90 Å². The average molecular weight is 147 g/mol. The predicted molar refractivity (Wildman–Crippen MR) is 32.5 cm³/mol. The van der Waals surface area contributed by atoms with E-state index in [9.17, 15) is 9.90 Å². The Hall–Kier alpha value is -0.610. The number of hydrogen-bond acceptors (Lipinski definition) is 3. The number of carbonyl (C=O) groups is 1. The van der Waals surface area contributed by atoms with E-state index in [1.807, 2.05) is 6.92 Å². The van der Waals surface area contributed by atoms with E-state index in [0.717, 1.165) is 6.42 Å². The van der Waals surface area contributed by atoms with Crippen LogP contribution >= 0.6 is 0 Å².